The molecule has 1 aromatic rings. The topological polar surface area (TPSA) is 40.1 Å². The normalized spacial score (nSPS) is 21.6. The minimum Gasteiger partial charge on any atom is -0.378 e. The number of likely N-dealkylation sites (tertiary alicyclic amines) is 2. The first kappa shape index (κ1) is 25.4. The van der Waals surface area contributed by atoms with Crippen LogP contribution in [0.25, 0.3) is 0 Å². The first-order chi connectivity index (χ1) is 13.8. The Morgan fingerprint density at radius 1 is 1.13 bits per heavy atom. The van der Waals surface area contributed by atoms with Crippen LogP contribution < -0.4 is 5.32 Å². The highest BCUT2D eigenvalue weighted by molar-refractivity contribution is 14.0. The molecule has 0 aromatic heterocycles. The van der Waals surface area contributed by atoms with E-state index in [0.29, 0.717) is 11.5 Å². The lowest BCUT2D eigenvalue weighted by molar-refractivity contribution is -0.0668. The second-order valence-electron chi connectivity index (χ2n) is 9.69. The summed E-state index contributed by atoms with van der Waals surface area (Å²) in [6.07, 6.45) is 3.70. The number of aliphatic imine (C=N–C) groups is 1. The maximum atomic E-state index is 6.15. The second kappa shape index (κ2) is 11.1. The monoisotopic (exact) mass is 528 g/mol. The highest BCUT2D eigenvalue weighted by Crippen LogP contribution is 2.46. The van der Waals surface area contributed by atoms with Crippen LogP contribution in [0.4, 0.5) is 0 Å². The average molecular weight is 529 g/mol. The van der Waals surface area contributed by atoms with E-state index in [1.54, 1.807) is 0 Å². The Hall–Kier alpha value is -0.860. The Labute approximate surface area is 200 Å². The number of hydrogen-bond donors (Lipinski definition) is 1. The number of ether oxygens (including phenoxy) is 1. The van der Waals surface area contributed by atoms with Crippen LogP contribution in [0.3, 0.4) is 0 Å². The van der Waals surface area contributed by atoms with Gasteiger partial charge in [0.15, 0.2) is 5.96 Å². The molecule has 0 atom stereocenters. The highest BCUT2D eigenvalue weighted by atomic mass is 127. The fourth-order valence-corrected chi connectivity index (χ4v) is 4.29. The SMILES string of the molecule is CN=C(NCCCOC1CCN(Cc2ccccc2)CC1)N1CC(C)(C)C1(C)C.I. The van der Waals surface area contributed by atoms with Crippen LogP contribution in [0.15, 0.2) is 35.3 Å². The van der Waals surface area contributed by atoms with Crippen LogP contribution in [0.2, 0.25) is 0 Å². The molecule has 0 aliphatic carbocycles. The third kappa shape index (κ3) is 6.10. The Balaban J connectivity index is 0.00000320. The van der Waals surface area contributed by atoms with Crippen LogP contribution in [0.1, 0.15) is 52.5 Å². The van der Waals surface area contributed by atoms with Crippen LogP contribution in [-0.2, 0) is 11.3 Å². The smallest absolute Gasteiger partial charge is 0.194 e. The van der Waals surface area contributed by atoms with Crippen molar-refractivity contribution in [2.75, 3.05) is 39.8 Å². The fraction of sp³-hybridized carbons (Fsp3) is 0.708. The molecule has 2 saturated heterocycles. The van der Waals surface area contributed by atoms with E-state index in [9.17, 15) is 0 Å². The molecule has 0 spiro atoms. The van der Waals surface area contributed by atoms with E-state index in [-0.39, 0.29) is 29.5 Å². The first-order valence-corrected chi connectivity index (χ1v) is 11.2. The van der Waals surface area contributed by atoms with Gasteiger partial charge in [0.25, 0.3) is 0 Å². The van der Waals surface area contributed by atoms with Crippen molar-refractivity contribution in [2.45, 2.75) is 65.1 Å². The van der Waals surface area contributed by atoms with E-state index in [2.05, 4.69) is 78.1 Å². The third-order valence-electron chi connectivity index (χ3n) is 7.09. The molecule has 30 heavy (non-hydrogen) atoms. The zero-order valence-corrected chi connectivity index (χ0v) is 21.8. The van der Waals surface area contributed by atoms with Crippen molar-refractivity contribution in [1.82, 2.24) is 15.1 Å². The first-order valence-electron chi connectivity index (χ1n) is 11.2. The van der Waals surface area contributed by atoms with Crippen LogP contribution in [0, 0.1) is 5.41 Å². The summed E-state index contributed by atoms with van der Waals surface area (Å²) in [7, 11) is 1.88. The van der Waals surface area contributed by atoms with Crippen molar-refractivity contribution < 1.29 is 4.74 Å². The molecule has 0 bridgehead atoms. The summed E-state index contributed by atoms with van der Waals surface area (Å²) in [4.78, 5) is 9.41. The van der Waals surface area contributed by atoms with Crippen LogP contribution >= 0.6 is 24.0 Å². The predicted octanol–water partition coefficient (Wildman–Crippen LogP) is 4.37. The molecule has 0 radical (unpaired) electrons. The lowest BCUT2D eigenvalue weighted by atomic mass is 9.65. The molecule has 1 aromatic carbocycles. The minimum absolute atomic E-state index is 0. The zero-order chi connectivity index (χ0) is 20.9. The molecule has 0 saturated carbocycles. The number of hydrogen-bond acceptors (Lipinski definition) is 3. The molecule has 0 amide bonds. The Kier molecular flexibility index (Phi) is 9.43. The molecular weight excluding hydrogens is 487 g/mol. The summed E-state index contributed by atoms with van der Waals surface area (Å²) in [5.41, 5.74) is 1.86. The summed E-state index contributed by atoms with van der Waals surface area (Å²) in [6.45, 7) is 15.4. The summed E-state index contributed by atoms with van der Waals surface area (Å²) in [5.74, 6) is 1.02. The van der Waals surface area contributed by atoms with Crippen molar-refractivity contribution >= 4 is 29.9 Å². The lowest BCUT2D eigenvalue weighted by Gasteiger charge is -2.62. The lowest BCUT2D eigenvalue weighted by Crippen LogP contribution is -2.72. The number of nitrogens with zero attached hydrogens (tertiary/aromatic N) is 3. The van der Waals surface area contributed by atoms with Crippen molar-refractivity contribution in [3.05, 3.63) is 35.9 Å². The molecule has 170 valence electrons. The van der Waals surface area contributed by atoms with Gasteiger partial charge in [-0.3, -0.25) is 9.89 Å². The van der Waals surface area contributed by atoms with Crippen molar-refractivity contribution in [1.29, 1.82) is 0 Å². The van der Waals surface area contributed by atoms with Crippen molar-refractivity contribution in [2.24, 2.45) is 10.4 Å². The Morgan fingerprint density at radius 3 is 2.37 bits per heavy atom. The van der Waals surface area contributed by atoms with Gasteiger partial charge >= 0.3 is 0 Å². The molecule has 0 unspecified atom stereocenters. The number of guanidine groups is 1. The van der Waals surface area contributed by atoms with E-state index in [4.69, 9.17) is 4.74 Å². The van der Waals surface area contributed by atoms with Gasteiger partial charge in [-0.25, -0.2) is 0 Å². The molecule has 6 heteroatoms. The molecular formula is C24H41IN4O. The van der Waals surface area contributed by atoms with E-state index >= 15 is 0 Å². The zero-order valence-electron chi connectivity index (χ0n) is 19.5. The minimum atomic E-state index is 0. The summed E-state index contributed by atoms with van der Waals surface area (Å²) in [5, 5.41) is 3.52. The standard InChI is InChI=1S/C24H40N4O.HI/c1-23(2)19-28(24(23,3)4)22(25-5)26-14-9-17-29-21-12-15-27(16-13-21)18-20-10-7-6-8-11-20;/h6-8,10-11,21H,9,12-19H2,1-5H3,(H,25,26);1H. The van der Waals surface area contributed by atoms with Gasteiger partial charge in [0.1, 0.15) is 0 Å². The van der Waals surface area contributed by atoms with Crippen molar-refractivity contribution in [3.8, 4) is 0 Å². The van der Waals surface area contributed by atoms with Gasteiger partial charge in [-0.05, 0) is 38.7 Å². The number of piperidine rings is 1. The molecule has 2 aliphatic rings. The van der Waals surface area contributed by atoms with Gasteiger partial charge in [-0.1, -0.05) is 44.2 Å². The summed E-state index contributed by atoms with van der Waals surface area (Å²) >= 11 is 0. The largest absolute Gasteiger partial charge is 0.378 e. The average Bonchev–Trinajstić information content (AvgIpc) is 2.71. The molecule has 2 aliphatic heterocycles. The predicted molar refractivity (Wildman–Crippen MR) is 137 cm³/mol. The molecule has 2 fully saturated rings. The molecule has 1 N–H and O–H groups in total. The number of halogens is 1. The van der Waals surface area contributed by atoms with Gasteiger partial charge in [-0.2, -0.15) is 0 Å². The van der Waals surface area contributed by atoms with Gasteiger partial charge in [-0.15, -0.1) is 24.0 Å². The summed E-state index contributed by atoms with van der Waals surface area (Å²) in [6, 6.07) is 10.8. The van der Waals surface area contributed by atoms with Gasteiger partial charge in [0.2, 0.25) is 0 Å². The van der Waals surface area contributed by atoms with Crippen molar-refractivity contribution in [3.63, 3.8) is 0 Å². The maximum Gasteiger partial charge on any atom is 0.194 e. The maximum absolute atomic E-state index is 6.15. The summed E-state index contributed by atoms with van der Waals surface area (Å²) < 4.78 is 6.15. The molecule has 5 nitrogen and oxygen atoms in total. The van der Waals surface area contributed by atoms with E-state index in [0.717, 1.165) is 64.6 Å². The van der Waals surface area contributed by atoms with E-state index < -0.39 is 0 Å². The molecule has 2 heterocycles. The number of benzene rings is 1. The quantitative estimate of drug-likeness (QED) is 0.247. The second-order valence-corrected chi connectivity index (χ2v) is 9.69. The number of rotatable bonds is 7. The highest BCUT2D eigenvalue weighted by Gasteiger charge is 2.53. The molecule has 3 rings (SSSR count). The Morgan fingerprint density at radius 2 is 1.80 bits per heavy atom. The fourth-order valence-electron chi connectivity index (χ4n) is 4.29. The van der Waals surface area contributed by atoms with Crippen LogP contribution in [0.5, 0.6) is 0 Å². The van der Waals surface area contributed by atoms with Gasteiger partial charge in [0, 0.05) is 57.3 Å². The third-order valence-corrected chi connectivity index (χ3v) is 7.09. The number of nitrogens with one attached hydrogen (secondary N) is 1. The van der Waals surface area contributed by atoms with Gasteiger partial charge in [0.05, 0.1) is 6.10 Å². The van der Waals surface area contributed by atoms with Crippen LogP contribution in [-0.4, -0.2) is 67.2 Å². The van der Waals surface area contributed by atoms with Gasteiger partial charge < -0.3 is 15.0 Å². The van der Waals surface area contributed by atoms with E-state index in [1.807, 2.05) is 7.05 Å². The van der Waals surface area contributed by atoms with E-state index in [1.165, 1.54) is 5.56 Å². The Bertz CT molecular complexity index is 669.